The van der Waals surface area contributed by atoms with Crippen molar-refractivity contribution in [1.29, 1.82) is 0 Å². The van der Waals surface area contributed by atoms with Gasteiger partial charge in [0.1, 0.15) is 13.2 Å². The van der Waals surface area contributed by atoms with Crippen LogP contribution in [0.2, 0.25) is 5.02 Å². The van der Waals surface area contributed by atoms with E-state index in [0.717, 1.165) is 5.56 Å². The van der Waals surface area contributed by atoms with Gasteiger partial charge in [-0.05, 0) is 35.4 Å². The molecular weight excluding hydrogens is 356 g/mol. The molecular formula is C19H15ClN2O4. The maximum absolute atomic E-state index is 10.4. The second kappa shape index (κ2) is 6.72. The Labute approximate surface area is 155 Å². The number of aliphatic imine (C=N–C) groups is 2. The first-order valence-electron chi connectivity index (χ1n) is 7.95. The molecule has 6 nitrogen and oxygen atoms in total. The zero-order chi connectivity index (χ0) is 18.1. The summed E-state index contributed by atoms with van der Waals surface area (Å²) in [6.07, 6.45) is 4.99. The van der Waals surface area contributed by atoms with Crippen LogP contribution in [0, 0.1) is 0 Å². The number of nitrogens with zero attached hydrogens (tertiary/aromatic N) is 2. The van der Waals surface area contributed by atoms with E-state index in [-0.39, 0.29) is 16.5 Å². The van der Waals surface area contributed by atoms with Crippen LogP contribution in [-0.4, -0.2) is 37.9 Å². The highest BCUT2D eigenvalue weighted by Crippen LogP contribution is 2.47. The third kappa shape index (κ3) is 2.88. The highest BCUT2D eigenvalue weighted by Gasteiger charge is 2.21. The Balaban J connectivity index is 1.93. The van der Waals surface area contributed by atoms with Crippen LogP contribution >= 0.6 is 11.6 Å². The average Bonchev–Trinajstić information content (AvgIpc) is 3.17. The normalized spacial score (nSPS) is 14.6. The van der Waals surface area contributed by atoms with Crippen LogP contribution in [-0.2, 0) is 0 Å². The predicted molar refractivity (Wildman–Crippen MR) is 101 cm³/mol. The van der Waals surface area contributed by atoms with Crippen molar-refractivity contribution in [3.63, 3.8) is 0 Å². The topological polar surface area (TPSA) is 72.6 Å². The van der Waals surface area contributed by atoms with Crippen LogP contribution in [0.1, 0.15) is 5.56 Å². The van der Waals surface area contributed by atoms with Crippen molar-refractivity contribution in [3.8, 4) is 34.1 Å². The molecule has 0 fully saturated rings. The fourth-order valence-corrected chi connectivity index (χ4v) is 3.11. The first kappa shape index (κ1) is 16.5. The Morgan fingerprint density at radius 3 is 2.58 bits per heavy atom. The van der Waals surface area contributed by atoms with E-state index in [1.54, 1.807) is 24.6 Å². The molecule has 0 spiro atoms. The van der Waals surface area contributed by atoms with Gasteiger partial charge in [0, 0.05) is 18.0 Å². The lowest BCUT2D eigenvalue weighted by molar-refractivity contribution is 0.171. The summed E-state index contributed by atoms with van der Waals surface area (Å²) in [5.74, 6) is 2.00. The summed E-state index contributed by atoms with van der Waals surface area (Å²) in [6.45, 7) is 1.00. The molecule has 0 saturated heterocycles. The van der Waals surface area contributed by atoms with E-state index in [0.29, 0.717) is 41.7 Å². The molecule has 7 heteroatoms. The van der Waals surface area contributed by atoms with Gasteiger partial charge in [-0.2, -0.15) is 0 Å². The SMILES string of the molecule is COc1c(O)c(Cl)cc(C=C2N=CC=N2)c1-c1ccc2c(c1)OCCO2. The molecule has 0 radical (unpaired) electrons. The lowest BCUT2D eigenvalue weighted by Crippen LogP contribution is -2.15. The van der Waals surface area contributed by atoms with E-state index >= 15 is 0 Å². The van der Waals surface area contributed by atoms with Crippen LogP contribution in [0.3, 0.4) is 0 Å². The minimum absolute atomic E-state index is 0.125. The van der Waals surface area contributed by atoms with E-state index < -0.39 is 0 Å². The van der Waals surface area contributed by atoms with Crippen molar-refractivity contribution >= 4 is 30.1 Å². The second-order valence-electron chi connectivity index (χ2n) is 5.62. The molecule has 0 atom stereocenters. The monoisotopic (exact) mass is 370 g/mol. The summed E-state index contributed by atoms with van der Waals surface area (Å²) in [5, 5.41) is 10.6. The highest BCUT2D eigenvalue weighted by atomic mass is 35.5. The molecule has 0 saturated carbocycles. The summed E-state index contributed by atoms with van der Waals surface area (Å²) in [5.41, 5.74) is 2.17. The Morgan fingerprint density at radius 2 is 1.85 bits per heavy atom. The zero-order valence-electron chi connectivity index (χ0n) is 13.9. The minimum atomic E-state index is -0.125. The molecule has 132 valence electrons. The van der Waals surface area contributed by atoms with Crippen molar-refractivity contribution < 1.29 is 19.3 Å². The molecule has 0 aromatic heterocycles. The third-order valence-electron chi connectivity index (χ3n) is 4.04. The van der Waals surface area contributed by atoms with E-state index in [1.807, 2.05) is 18.2 Å². The Morgan fingerprint density at radius 1 is 1.12 bits per heavy atom. The lowest BCUT2D eigenvalue weighted by Gasteiger charge is -2.20. The molecule has 2 aliphatic heterocycles. The van der Waals surface area contributed by atoms with Gasteiger partial charge < -0.3 is 19.3 Å². The molecule has 0 unspecified atom stereocenters. The van der Waals surface area contributed by atoms with Crippen LogP contribution in [0.25, 0.3) is 17.2 Å². The molecule has 26 heavy (non-hydrogen) atoms. The van der Waals surface area contributed by atoms with Crippen molar-refractivity contribution in [2.75, 3.05) is 20.3 Å². The Kier molecular flexibility index (Phi) is 4.26. The standard InChI is InChI=1S/C19H15ClN2O4/c1-24-19-17(11-2-3-14-15(9-11)26-7-6-25-14)12(8-13(20)18(19)23)10-16-21-4-5-22-16/h2-5,8-10,23H,6-7H2,1H3. The van der Waals surface area contributed by atoms with Gasteiger partial charge in [0.05, 0.1) is 12.1 Å². The van der Waals surface area contributed by atoms with Gasteiger partial charge in [0.25, 0.3) is 0 Å². The smallest absolute Gasteiger partial charge is 0.177 e. The predicted octanol–water partition coefficient (Wildman–Crippen LogP) is 3.95. The van der Waals surface area contributed by atoms with Gasteiger partial charge in [-0.15, -0.1) is 0 Å². The summed E-state index contributed by atoms with van der Waals surface area (Å²) in [7, 11) is 1.48. The van der Waals surface area contributed by atoms with E-state index in [1.165, 1.54) is 7.11 Å². The minimum Gasteiger partial charge on any atom is -0.503 e. The Bertz CT molecular complexity index is 952. The van der Waals surface area contributed by atoms with Crippen LogP contribution < -0.4 is 14.2 Å². The van der Waals surface area contributed by atoms with Crippen molar-refractivity contribution in [2.24, 2.45) is 9.98 Å². The van der Waals surface area contributed by atoms with Gasteiger partial charge >= 0.3 is 0 Å². The number of ether oxygens (including phenoxy) is 3. The first-order valence-corrected chi connectivity index (χ1v) is 8.33. The molecule has 0 amide bonds. The van der Waals surface area contributed by atoms with E-state index in [9.17, 15) is 5.11 Å². The number of halogens is 1. The number of hydrogen-bond donors (Lipinski definition) is 1. The largest absolute Gasteiger partial charge is 0.503 e. The van der Waals surface area contributed by atoms with Crippen LogP contribution in [0.15, 0.2) is 40.1 Å². The molecule has 2 aromatic carbocycles. The van der Waals surface area contributed by atoms with E-state index in [4.69, 9.17) is 25.8 Å². The molecule has 0 bridgehead atoms. The maximum Gasteiger partial charge on any atom is 0.177 e. The highest BCUT2D eigenvalue weighted by molar-refractivity contribution is 6.32. The number of fused-ring (bicyclic) bond motifs is 1. The molecule has 0 aliphatic carbocycles. The molecule has 2 aliphatic rings. The average molecular weight is 371 g/mol. The number of methoxy groups -OCH3 is 1. The first-order chi connectivity index (χ1) is 12.7. The van der Waals surface area contributed by atoms with Gasteiger partial charge in [-0.3, -0.25) is 0 Å². The van der Waals surface area contributed by atoms with Crippen LogP contribution in [0.5, 0.6) is 23.0 Å². The van der Waals surface area contributed by atoms with Gasteiger partial charge in [0.15, 0.2) is 28.8 Å². The molecule has 2 heterocycles. The fourth-order valence-electron chi connectivity index (χ4n) is 2.91. The number of benzene rings is 2. The Hall–Kier alpha value is -2.99. The maximum atomic E-state index is 10.4. The second-order valence-corrected chi connectivity index (χ2v) is 6.03. The van der Waals surface area contributed by atoms with E-state index in [2.05, 4.69) is 9.98 Å². The van der Waals surface area contributed by atoms with Crippen molar-refractivity contribution in [1.82, 2.24) is 0 Å². The molecule has 4 rings (SSSR count). The quantitative estimate of drug-likeness (QED) is 0.888. The molecule has 2 aromatic rings. The number of aromatic hydroxyl groups is 1. The number of rotatable bonds is 3. The fraction of sp³-hybridized carbons (Fsp3) is 0.158. The number of phenolic OH excluding ortho intramolecular Hbond substituents is 1. The van der Waals surface area contributed by atoms with Gasteiger partial charge in [-0.1, -0.05) is 17.7 Å². The van der Waals surface area contributed by atoms with Crippen molar-refractivity contribution in [3.05, 3.63) is 40.7 Å². The number of phenols is 1. The zero-order valence-corrected chi connectivity index (χ0v) is 14.7. The van der Waals surface area contributed by atoms with Gasteiger partial charge in [-0.25, -0.2) is 9.98 Å². The summed E-state index contributed by atoms with van der Waals surface area (Å²) in [6, 6.07) is 7.21. The summed E-state index contributed by atoms with van der Waals surface area (Å²) >= 11 is 6.18. The number of hydrogen-bond acceptors (Lipinski definition) is 6. The summed E-state index contributed by atoms with van der Waals surface area (Å²) in [4.78, 5) is 8.33. The van der Waals surface area contributed by atoms with Crippen LogP contribution in [0.4, 0.5) is 0 Å². The lowest BCUT2D eigenvalue weighted by atomic mass is 9.97. The van der Waals surface area contributed by atoms with Crippen molar-refractivity contribution in [2.45, 2.75) is 0 Å². The summed E-state index contributed by atoms with van der Waals surface area (Å²) < 4.78 is 16.7. The third-order valence-corrected chi connectivity index (χ3v) is 4.33. The van der Waals surface area contributed by atoms with Gasteiger partial charge in [0.2, 0.25) is 0 Å². The molecule has 1 N–H and O–H groups in total.